The van der Waals surface area contributed by atoms with Gasteiger partial charge in [0.15, 0.2) is 0 Å². The molecule has 0 aromatic heterocycles. The molecule has 1 rings (SSSR count). The quantitative estimate of drug-likeness (QED) is 0.618. The van der Waals surface area contributed by atoms with E-state index in [1.165, 1.54) is 0 Å². The highest BCUT2D eigenvalue weighted by atomic mass is 16.5. The van der Waals surface area contributed by atoms with Crippen LogP contribution >= 0.6 is 0 Å². The summed E-state index contributed by atoms with van der Waals surface area (Å²) in [5, 5.41) is 18.0. The molecule has 0 radical (unpaired) electrons. The predicted octanol–water partition coefficient (Wildman–Crippen LogP) is 1.44. The van der Waals surface area contributed by atoms with E-state index in [9.17, 15) is 0 Å². The van der Waals surface area contributed by atoms with E-state index in [0.29, 0.717) is 24.4 Å². The van der Waals surface area contributed by atoms with Crippen LogP contribution in [0.4, 0.5) is 0 Å². The zero-order valence-electron chi connectivity index (χ0n) is 12.0. The number of benzene rings is 1. The summed E-state index contributed by atoms with van der Waals surface area (Å²) < 4.78 is 10.1. The van der Waals surface area contributed by atoms with Gasteiger partial charge in [-0.25, -0.2) is 0 Å². The van der Waals surface area contributed by atoms with Crippen molar-refractivity contribution in [2.45, 2.75) is 27.7 Å². The molecule has 0 amide bonds. The Hall–Kier alpha value is -1.04. The van der Waals surface area contributed by atoms with Crippen LogP contribution in [0.3, 0.4) is 0 Å². The number of methoxy groups -OCH3 is 1. The molecule has 0 saturated heterocycles. The second-order valence-electron chi connectivity index (χ2n) is 2.75. The van der Waals surface area contributed by atoms with E-state index in [-0.39, 0.29) is 0 Å². The Morgan fingerprint density at radius 3 is 2.06 bits per heavy atom. The average Bonchev–Trinajstić information content (AvgIpc) is 2.44. The summed E-state index contributed by atoms with van der Waals surface area (Å²) in [5.41, 5.74) is 0.364. The van der Waals surface area contributed by atoms with E-state index < -0.39 is 7.12 Å². The van der Waals surface area contributed by atoms with Crippen molar-refractivity contribution in [3.8, 4) is 5.75 Å². The third-order valence-electron chi connectivity index (χ3n) is 1.74. The van der Waals surface area contributed by atoms with Crippen LogP contribution in [-0.4, -0.2) is 37.5 Å². The number of rotatable bonds is 5. The fraction of sp³-hybridized carbons (Fsp3) is 0.538. The third-order valence-corrected chi connectivity index (χ3v) is 1.74. The van der Waals surface area contributed by atoms with Gasteiger partial charge in [-0.05, 0) is 6.07 Å². The lowest BCUT2D eigenvalue weighted by atomic mass is 9.79. The Bertz CT molecular complexity index is 279. The summed E-state index contributed by atoms with van der Waals surface area (Å²) in [6, 6.07) is 6.78. The molecule has 5 heteroatoms. The molecule has 0 unspecified atom stereocenters. The summed E-state index contributed by atoms with van der Waals surface area (Å²) in [6.07, 6.45) is 0. The van der Waals surface area contributed by atoms with Gasteiger partial charge in [0, 0.05) is 12.6 Å². The van der Waals surface area contributed by atoms with Crippen LogP contribution in [0.25, 0.3) is 0 Å². The van der Waals surface area contributed by atoms with Gasteiger partial charge in [0.25, 0.3) is 0 Å². The molecule has 0 aliphatic heterocycles. The highest BCUT2D eigenvalue weighted by Crippen LogP contribution is 2.06. The highest BCUT2D eigenvalue weighted by Gasteiger charge is 2.15. The molecule has 1 aromatic carbocycles. The van der Waals surface area contributed by atoms with Crippen LogP contribution in [0.1, 0.15) is 27.7 Å². The number of para-hydroxylation sites is 1. The molecule has 0 saturated carbocycles. The van der Waals surface area contributed by atoms with Crippen molar-refractivity contribution in [3.63, 3.8) is 0 Å². The van der Waals surface area contributed by atoms with E-state index in [2.05, 4.69) is 0 Å². The van der Waals surface area contributed by atoms with Gasteiger partial charge in [0.1, 0.15) is 12.4 Å². The molecule has 0 atom stereocenters. The lowest BCUT2D eigenvalue weighted by Crippen LogP contribution is -2.31. The van der Waals surface area contributed by atoms with Crippen molar-refractivity contribution in [1.29, 1.82) is 0 Å². The van der Waals surface area contributed by atoms with E-state index in [4.69, 9.17) is 19.5 Å². The third kappa shape index (κ3) is 8.11. The molecular weight excluding hydrogens is 231 g/mol. The van der Waals surface area contributed by atoms with Crippen LogP contribution in [0, 0.1) is 0 Å². The molecule has 0 aliphatic rings. The van der Waals surface area contributed by atoms with E-state index in [0.717, 1.165) is 0 Å². The summed E-state index contributed by atoms with van der Waals surface area (Å²) in [4.78, 5) is 0. The van der Waals surface area contributed by atoms with Gasteiger partial charge in [-0.3, -0.25) is 0 Å². The fourth-order valence-corrected chi connectivity index (χ4v) is 1.06. The first-order valence-electron chi connectivity index (χ1n) is 6.32. The zero-order chi connectivity index (χ0) is 14.4. The standard InChI is InChI=1S/C9H13BO4.2C2H6/c1-13-6-7-14-9-5-3-2-4-8(9)10(11)12;2*1-2/h2-5,11-12H,6-7H2,1H3;2*1-2H3. The first-order valence-corrected chi connectivity index (χ1v) is 6.32. The van der Waals surface area contributed by atoms with Gasteiger partial charge >= 0.3 is 7.12 Å². The van der Waals surface area contributed by atoms with Crippen molar-refractivity contribution in [1.82, 2.24) is 0 Å². The van der Waals surface area contributed by atoms with E-state index in [1.54, 1.807) is 31.4 Å². The van der Waals surface area contributed by atoms with E-state index in [1.807, 2.05) is 27.7 Å². The topological polar surface area (TPSA) is 58.9 Å². The van der Waals surface area contributed by atoms with Crippen molar-refractivity contribution < 1.29 is 19.5 Å². The molecule has 0 bridgehead atoms. The predicted molar refractivity (Wildman–Crippen MR) is 76.3 cm³/mol. The maximum absolute atomic E-state index is 9.01. The Morgan fingerprint density at radius 1 is 1.00 bits per heavy atom. The lowest BCUT2D eigenvalue weighted by molar-refractivity contribution is 0.146. The van der Waals surface area contributed by atoms with Gasteiger partial charge in [-0.1, -0.05) is 45.9 Å². The molecule has 0 aliphatic carbocycles. The normalized spacial score (nSPS) is 8.39. The second-order valence-corrected chi connectivity index (χ2v) is 2.75. The van der Waals surface area contributed by atoms with Crippen LogP contribution in [-0.2, 0) is 4.74 Å². The minimum atomic E-state index is -1.51. The fourth-order valence-electron chi connectivity index (χ4n) is 1.06. The van der Waals surface area contributed by atoms with Gasteiger partial charge in [0.05, 0.1) is 6.61 Å². The number of ether oxygens (including phenoxy) is 2. The van der Waals surface area contributed by atoms with Crippen molar-refractivity contribution in [2.24, 2.45) is 0 Å². The van der Waals surface area contributed by atoms with Crippen LogP contribution in [0.5, 0.6) is 5.75 Å². The molecule has 18 heavy (non-hydrogen) atoms. The molecule has 4 nitrogen and oxygen atoms in total. The maximum Gasteiger partial charge on any atom is 0.492 e. The van der Waals surface area contributed by atoms with Gasteiger partial charge in [-0.15, -0.1) is 0 Å². The van der Waals surface area contributed by atoms with Crippen LogP contribution in [0.2, 0.25) is 0 Å². The van der Waals surface area contributed by atoms with Crippen molar-refractivity contribution in [3.05, 3.63) is 24.3 Å². The minimum Gasteiger partial charge on any atom is -0.492 e. The largest absolute Gasteiger partial charge is 0.492 e. The van der Waals surface area contributed by atoms with E-state index >= 15 is 0 Å². The second kappa shape index (κ2) is 14.0. The van der Waals surface area contributed by atoms with Crippen molar-refractivity contribution >= 4 is 12.6 Å². The number of hydrogen-bond acceptors (Lipinski definition) is 4. The molecule has 104 valence electrons. The van der Waals surface area contributed by atoms with Gasteiger partial charge < -0.3 is 19.5 Å². The van der Waals surface area contributed by atoms with Crippen LogP contribution in [0.15, 0.2) is 24.3 Å². The number of hydrogen-bond donors (Lipinski definition) is 2. The molecule has 2 N–H and O–H groups in total. The van der Waals surface area contributed by atoms with Gasteiger partial charge in [0.2, 0.25) is 0 Å². The monoisotopic (exact) mass is 256 g/mol. The Kier molecular flexibility index (Phi) is 15.0. The maximum atomic E-state index is 9.01. The molecular formula is C13H25BO4. The Labute approximate surface area is 111 Å². The summed E-state index contributed by atoms with van der Waals surface area (Å²) in [7, 11) is 0.0737. The first kappa shape index (κ1) is 19.3. The zero-order valence-corrected chi connectivity index (χ0v) is 12.0. The molecule has 0 fully saturated rings. The van der Waals surface area contributed by atoms with Crippen LogP contribution < -0.4 is 10.2 Å². The van der Waals surface area contributed by atoms with Crippen molar-refractivity contribution in [2.75, 3.05) is 20.3 Å². The first-order chi connectivity index (χ1) is 8.75. The van der Waals surface area contributed by atoms with Gasteiger partial charge in [-0.2, -0.15) is 0 Å². The molecule has 0 heterocycles. The Morgan fingerprint density at radius 2 is 1.56 bits per heavy atom. The molecule has 1 aromatic rings. The lowest BCUT2D eigenvalue weighted by Gasteiger charge is -2.09. The summed E-state index contributed by atoms with van der Waals surface area (Å²) in [6.45, 7) is 8.86. The molecule has 0 spiro atoms. The summed E-state index contributed by atoms with van der Waals surface area (Å²) in [5.74, 6) is 0.472. The Balaban J connectivity index is 0. The highest BCUT2D eigenvalue weighted by molar-refractivity contribution is 6.59. The smallest absolute Gasteiger partial charge is 0.492 e. The average molecular weight is 256 g/mol. The SMILES string of the molecule is CC.CC.COCCOc1ccccc1B(O)O. The summed E-state index contributed by atoms with van der Waals surface area (Å²) >= 11 is 0. The minimum absolute atomic E-state index is 0.364.